The molecule has 2 atom stereocenters. The van der Waals surface area contributed by atoms with Gasteiger partial charge in [0.25, 0.3) is 0 Å². The van der Waals surface area contributed by atoms with Crippen molar-refractivity contribution in [2.45, 2.75) is 44.6 Å². The largest absolute Gasteiger partial charge is 0.387 e. The second kappa shape index (κ2) is 5.56. The quantitative estimate of drug-likeness (QED) is 0.909. The SMILES string of the molecule is Cc1cc(C(O)C2(CN)CCCc3ccccc32)c(C)s1. The van der Waals surface area contributed by atoms with Crippen LogP contribution in [0.2, 0.25) is 0 Å². The lowest BCUT2D eigenvalue weighted by atomic mass is 9.65. The van der Waals surface area contributed by atoms with Gasteiger partial charge in [-0.1, -0.05) is 24.3 Å². The Kier molecular flexibility index (Phi) is 3.91. The van der Waals surface area contributed by atoms with Gasteiger partial charge in [-0.05, 0) is 55.9 Å². The Morgan fingerprint density at radius 2 is 2.10 bits per heavy atom. The first kappa shape index (κ1) is 14.8. The number of aliphatic hydroxyl groups is 1. The molecule has 1 aliphatic rings. The molecular weight excluding hydrogens is 278 g/mol. The average Bonchev–Trinajstić information content (AvgIpc) is 2.84. The third kappa shape index (κ3) is 2.33. The number of nitrogens with two attached hydrogens (primary N) is 1. The molecule has 1 aromatic carbocycles. The molecular formula is C18H23NOS. The second-order valence-electron chi connectivity index (χ2n) is 6.14. The molecule has 112 valence electrons. The zero-order chi connectivity index (χ0) is 15.0. The van der Waals surface area contributed by atoms with Crippen LogP contribution in [0.25, 0.3) is 0 Å². The van der Waals surface area contributed by atoms with Gasteiger partial charge < -0.3 is 10.8 Å². The fourth-order valence-corrected chi connectivity index (χ4v) is 4.74. The summed E-state index contributed by atoms with van der Waals surface area (Å²) in [7, 11) is 0. The fourth-order valence-electron chi connectivity index (χ4n) is 3.78. The summed E-state index contributed by atoms with van der Waals surface area (Å²) in [4.78, 5) is 2.45. The molecule has 2 nitrogen and oxygen atoms in total. The molecule has 0 fully saturated rings. The van der Waals surface area contributed by atoms with Gasteiger partial charge in [0.2, 0.25) is 0 Å². The molecule has 3 heteroatoms. The minimum absolute atomic E-state index is 0.340. The van der Waals surface area contributed by atoms with E-state index in [1.54, 1.807) is 11.3 Å². The zero-order valence-electron chi connectivity index (χ0n) is 12.7. The van der Waals surface area contributed by atoms with Crippen LogP contribution >= 0.6 is 11.3 Å². The van der Waals surface area contributed by atoms with Gasteiger partial charge in [0.15, 0.2) is 0 Å². The van der Waals surface area contributed by atoms with Gasteiger partial charge in [-0.15, -0.1) is 11.3 Å². The summed E-state index contributed by atoms with van der Waals surface area (Å²) in [6, 6.07) is 10.6. The van der Waals surface area contributed by atoms with Gasteiger partial charge in [0.05, 0.1) is 6.10 Å². The Morgan fingerprint density at radius 1 is 1.33 bits per heavy atom. The Bertz CT molecular complexity index is 648. The van der Waals surface area contributed by atoms with E-state index >= 15 is 0 Å². The van der Waals surface area contributed by atoms with Crippen LogP contribution in [-0.2, 0) is 11.8 Å². The van der Waals surface area contributed by atoms with E-state index in [9.17, 15) is 5.11 Å². The molecule has 0 bridgehead atoms. The summed E-state index contributed by atoms with van der Waals surface area (Å²) in [5.41, 5.74) is 9.50. The number of benzene rings is 1. The molecule has 0 saturated carbocycles. The van der Waals surface area contributed by atoms with Crippen LogP contribution in [0, 0.1) is 13.8 Å². The minimum atomic E-state index is -0.520. The van der Waals surface area contributed by atoms with Crippen LogP contribution < -0.4 is 5.73 Å². The predicted octanol–water partition coefficient (Wildman–Crippen LogP) is 3.63. The van der Waals surface area contributed by atoms with Crippen LogP contribution in [0.1, 0.15) is 45.4 Å². The molecule has 0 saturated heterocycles. The van der Waals surface area contributed by atoms with Crippen molar-refractivity contribution in [1.29, 1.82) is 0 Å². The van der Waals surface area contributed by atoms with E-state index in [0.29, 0.717) is 6.54 Å². The van der Waals surface area contributed by atoms with Crippen molar-refractivity contribution in [1.82, 2.24) is 0 Å². The maximum atomic E-state index is 11.2. The first-order valence-corrected chi connectivity index (χ1v) is 8.43. The van der Waals surface area contributed by atoms with Crippen molar-refractivity contribution >= 4 is 11.3 Å². The third-order valence-corrected chi connectivity index (χ3v) is 5.87. The molecule has 2 aromatic rings. The molecule has 0 amide bonds. The Morgan fingerprint density at radius 3 is 2.76 bits per heavy atom. The number of hydrogen-bond acceptors (Lipinski definition) is 3. The van der Waals surface area contributed by atoms with E-state index in [1.165, 1.54) is 20.9 Å². The number of rotatable bonds is 3. The van der Waals surface area contributed by atoms with E-state index < -0.39 is 6.10 Å². The van der Waals surface area contributed by atoms with Crippen LogP contribution in [-0.4, -0.2) is 11.7 Å². The standard InChI is InChI=1S/C18H23NOS/c1-12-10-15(13(2)21-12)17(20)18(11-19)9-5-7-14-6-3-4-8-16(14)18/h3-4,6,8,10,17,20H,5,7,9,11,19H2,1-2H3. The topological polar surface area (TPSA) is 46.2 Å². The van der Waals surface area contributed by atoms with Crippen LogP contribution in [0.4, 0.5) is 0 Å². The van der Waals surface area contributed by atoms with Crippen LogP contribution in [0.3, 0.4) is 0 Å². The summed E-state index contributed by atoms with van der Waals surface area (Å²) < 4.78 is 0. The molecule has 0 radical (unpaired) electrons. The maximum Gasteiger partial charge on any atom is 0.0909 e. The summed E-state index contributed by atoms with van der Waals surface area (Å²) in [5.74, 6) is 0. The summed E-state index contributed by atoms with van der Waals surface area (Å²) in [6.45, 7) is 4.67. The number of aryl methyl sites for hydroxylation is 3. The lowest BCUT2D eigenvalue weighted by molar-refractivity contribution is 0.0717. The Hall–Kier alpha value is -1.16. The van der Waals surface area contributed by atoms with Gasteiger partial charge in [0.1, 0.15) is 0 Å². The maximum absolute atomic E-state index is 11.2. The summed E-state index contributed by atoms with van der Waals surface area (Å²) in [6.07, 6.45) is 2.62. The number of thiophene rings is 1. The van der Waals surface area contributed by atoms with E-state index in [-0.39, 0.29) is 5.41 Å². The normalized spacial score (nSPS) is 22.9. The molecule has 3 rings (SSSR count). The Labute approximate surface area is 130 Å². The predicted molar refractivity (Wildman–Crippen MR) is 88.9 cm³/mol. The average molecular weight is 301 g/mol. The third-order valence-electron chi connectivity index (χ3n) is 4.88. The zero-order valence-corrected chi connectivity index (χ0v) is 13.5. The molecule has 2 unspecified atom stereocenters. The highest BCUT2D eigenvalue weighted by Crippen LogP contribution is 2.47. The second-order valence-corrected chi connectivity index (χ2v) is 7.60. The van der Waals surface area contributed by atoms with Gasteiger partial charge >= 0.3 is 0 Å². The van der Waals surface area contributed by atoms with Crippen molar-refractivity contribution in [2.75, 3.05) is 6.54 Å². The molecule has 0 spiro atoms. The molecule has 0 aliphatic heterocycles. The lowest BCUT2D eigenvalue weighted by Crippen LogP contribution is -2.43. The minimum Gasteiger partial charge on any atom is -0.387 e. The lowest BCUT2D eigenvalue weighted by Gasteiger charge is -2.42. The van der Waals surface area contributed by atoms with Crippen molar-refractivity contribution in [3.63, 3.8) is 0 Å². The highest BCUT2D eigenvalue weighted by atomic mass is 32.1. The smallest absolute Gasteiger partial charge is 0.0909 e. The monoisotopic (exact) mass is 301 g/mol. The molecule has 21 heavy (non-hydrogen) atoms. The van der Waals surface area contributed by atoms with E-state index in [4.69, 9.17) is 5.73 Å². The number of hydrogen-bond donors (Lipinski definition) is 2. The summed E-state index contributed by atoms with van der Waals surface area (Å²) >= 11 is 1.75. The summed E-state index contributed by atoms with van der Waals surface area (Å²) in [5, 5.41) is 11.2. The Balaban J connectivity index is 2.11. The van der Waals surface area contributed by atoms with Gasteiger partial charge in [-0.25, -0.2) is 0 Å². The molecule has 1 aromatic heterocycles. The molecule has 1 aliphatic carbocycles. The van der Waals surface area contributed by atoms with Crippen molar-refractivity contribution in [2.24, 2.45) is 5.73 Å². The van der Waals surface area contributed by atoms with E-state index in [1.807, 2.05) is 0 Å². The first-order chi connectivity index (χ1) is 10.1. The molecule has 3 N–H and O–H groups in total. The van der Waals surface area contributed by atoms with Crippen LogP contribution in [0.5, 0.6) is 0 Å². The van der Waals surface area contributed by atoms with Crippen molar-refractivity contribution < 1.29 is 5.11 Å². The first-order valence-electron chi connectivity index (χ1n) is 7.62. The number of fused-ring (bicyclic) bond motifs is 1. The van der Waals surface area contributed by atoms with Crippen molar-refractivity contribution in [3.05, 3.63) is 56.8 Å². The van der Waals surface area contributed by atoms with E-state index in [0.717, 1.165) is 24.8 Å². The molecule has 1 heterocycles. The number of aliphatic hydroxyl groups excluding tert-OH is 1. The van der Waals surface area contributed by atoms with Crippen molar-refractivity contribution in [3.8, 4) is 0 Å². The highest BCUT2D eigenvalue weighted by Gasteiger charge is 2.43. The van der Waals surface area contributed by atoms with E-state index in [2.05, 4.69) is 44.2 Å². The van der Waals surface area contributed by atoms with Gasteiger partial charge in [0, 0.05) is 21.7 Å². The fraction of sp³-hybridized carbons (Fsp3) is 0.444. The van der Waals surface area contributed by atoms with Gasteiger partial charge in [-0.3, -0.25) is 0 Å². The highest BCUT2D eigenvalue weighted by molar-refractivity contribution is 7.12. The van der Waals surface area contributed by atoms with Gasteiger partial charge in [-0.2, -0.15) is 0 Å². The van der Waals surface area contributed by atoms with Crippen LogP contribution in [0.15, 0.2) is 30.3 Å².